The Bertz CT molecular complexity index is 264. The minimum absolute atomic E-state index is 0.362. The molecule has 2 rings (SSSR count). The molecule has 2 fully saturated rings. The number of ketones is 1. The van der Waals surface area contributed by atoms with E-state index in [1.54, 1.807) is 0 Å². The van der Waals surface area contributed by atoms with Gasteiger partial charge in [-0.05, 0) is 51.1 Å². The molecular formula is C16H29NO. The van der Waals surface area contributed by atoms with Crippen LogP contribution in [0.15, 0.2) is 0 Å². The molecule has 18 heavy (non-hydrogen) atoms. The first-order valence-corrected chi connectivity index (χ1v) is 8.04. The molecule has 2 unspecified atom stereocenters. The van der Waals surface area contributed by atoms with Gasteiger partial charge in [-0.2, -0.15) is 0 Å². The Morgan fingerprint density at radius 2 is 2.00 bits per heavy atom. The van der Waals surface area contributed by atoms with Crippen LogP contribution in [0.2, 0.25) is 0 Å². The fraction of sp³-hybridized carbons (Fsp3) is 0.938. The van der Waals surface area contributed by atoms with Crippen molar-refractivity contribution in [2.75, 3.05) is 19.6 Å². The summed E-state index contributed by atoms with van der Waals surface area (Å²) in [6.45, 7) is 5.81. The van der Waals surface area contributed by atoms with Crippen molar-refractivity contribution in [1.82, 2.24) is 4.90 Å². The molecule has 0 bridgehead atoms. The van der Waals surface area contributed by atoms with Crippen LogP contribution >= 0.6 is 0 Å². The molecule has 0 N–H and O–H groups in total. The SMILES string of the molecule is CCCC1CCCN(CC2CCCCC2=O)CC1. The Balaban J connectivity index is 1.77. The summed E-state index contributed by atoms with van der Waals surface area (Å²) in [6, 6.07) is 0. The van der Waals surface area contributed by atoms with Crippen LogP contribution in [0.25, 0.3) is 0 Å². The van der Waals surface area contributed by atoms with E-state index < -0.39 is 0 Å². The highest BCUT2D eigenvalue weighted by molar-refractivity contribution is 5.81. The van der Waals surface area contributed by atoms with E-state index in [9.17, 15) is 4.79 Å². The molecular weight excluding hydrogens is 222 g/mol. The maximum Gasteiger partial charge on any atom is 0.137 e. The van der Waals surface area contributed by atoms with Gasteiger partial charge in [0, 0.05) is 18.9 Å². The van der Waals surface area contributed by atoms with Gasteiger partial charge in [0.25, 0.3) is 0 Å². The third-order valence-corrected chi connectivity index (χ3v) is 4.80. The second-order valence-corrected chi connectivity index (χ2v) is 6.30. The molecule has 2 heteroatoms. The van der Waals surface area contributed by atoms with E-state index in [2.05, 4.69) is 11.8 Å². The van der Waals surface area contributed by atoms with Crippen molar-refractivity contribution < 1.29 is 4.79 Å². The molecule has 1 heterocycles. The fourth-order valence-corrected chi connectivity index (χ4v) is 3.66. The number of nitrogens with zero attached hydrogens (tertiary/aromatic N) is 1. The molecule has 0 spiro atoms. The lowest BCUT2D eigenvalue weighted by Crippen LogP contribution is -2.35. The minimum atomic E-state index is 0.362. The average Bonchev–Trinajstić information content (AvgIpc) is 2.59. The summed E-state index contributed by atoms with van der Waals surface area (Å²) in [5.41, 5.74) is 0. The quantitative estimate of drug-likeness (QED) is 0.760. The highest BCUT2D eigenvalue weighted by atomic mass is 16.1. The van der Waals surface area contributed by atoms with Crippen molar-refractivity contribution in [3.63, 3.8) is 0 Å². The highest BCUT2D eigenvalue weighted by Gasteiger charge is 2.25. The zero-order valence-electron chi connectivity index (χ0n) is 12.0. The molecule has 0 aromatic carbocycles. The molecule has 1 aliphatic carbocycles. The van der Waals surface area contributed by atoms with Crippen molar-refractivity contribution in [3.8, 4) is 0 Å². The van der Waals surface area contributed by atoms with Crippen LogP contribution in [-0.4, -0.2) is 30.3 Å². The molecule has 0 aromatic rings. The molecule has 0 aromatic heterocycles. The first kappa shape index (κ1) is 14.0. The average molecular weight is 251 g/mol. The predicted molar refractivity (Wildman–Crippen MR) is 75.7 cm³/mol. The summed E-state index contributed by atoms with van der Waals surface area (Å²) in [5.74, 6) is 1.85. The molecule has 2 nitrogen and oxygen atoms in total. The predicted octanol–water partition coefficient (Wildman–Crippen LogP) is 3.65. The third-order valence-electron chi connectivity index (χ3n) is 4.80. The van der Waals surface area contributed by atoms with Crippen LogP contribution in [0.3, 0.4) is 0 Å². The van der Waals surface area contributed by atoms with Gasteiger partial charge in [0.1, 0.15) is 5.78 Å². The fourth-order valence-electron chi connectivity index (χ4n) is 3.66. The summed E-state index contributed by atoms with van der Waals surface area (Å²) in [7, 11) is 0. The number of carbonyl (C=O) groups excluding carboxylic acids is 1. The Labute approximate surface area is 112 Å². The smallest absolute Gasteiger partial charge is 0.137 e. The lowest BCUT2D eigenvalue weighted by Gasteiger charge is -2.27. The zero-order chi connectivity index (χ0) is 12.8. The second kappa shape index (κ2) is 7.28. The summed E-state index contributed by atoms with van der Waals surface area (Å²) in [5, 5.41) is 0. The maximum atomic E-state index is 11.9. The van der Waals surface area contributed by atoms with Crippen LogP contribution in [0, 0.1) is 11.8 Å². The van der Waals surface area contributed by atoms with Gasteiger partial charge in [-0.15, -0.1) is 0 Å². The van der Waals surface area contributed by atoms with E-state index in [0.717, 1.165) is 31.7 Å². The highest BCUT2D eigenvalue weighted by Crippen LogP contribution is 2.25. The van der Waals surface area contributed by atoms with E-state index in [0.29, 0.717) is 11.7 Å². The first-order valence-electron chi connectivity index (χ1n) is 8.04. The van der Waals surface area contributed by atoms with E-state index in [1.165, 1.54) is 51.6 Å². The minimum Gasteiger partial charge on any atom is -0.303 e. The molecule has 1 saturated heterocycles. The van der Waals surface area contributed by atoms with Crippen LogP contribution in [0.1, 0.15) is 64.7 Å². The number of hydrogen-bond donors (Lipinski definition) is 0. The summed E-state index contributed by atoms with van der Waals surface area (Å²) < 4.78 is 0. The summed E-state index contributed by atoms with van der Waals surface area (Å²) in [6.07, 6.45) is 11.2. The molecule has 104 valence electrons. The molecule has 2 atom stereocenters. The number of rotatable bonds is 4. The Kier molecular flexibility index (Phi) is 5.68. The second-order valence-electron chi connectivity index (χ2n) is 6.30. The maximum absolute atomic E-state index is 11.9. The zero-order valence-corrected chi connectivity index (χ0v) is 12.0. The van der Waals surface area contributed by atoms with Crippen LogP contribution in [0.5, 0.6) is 0 Å². The first-order chi connectivity index (χ1) is 8.79. The van der Waals surface area contributed by atoms with Gasteiger partial charge in [0.05, 0.1) is 0 Å². The van der Waals surface area contributed by atoms with Gasteiger partial charge < -0.3 is 4.90 Å². The standard InChI is InChI=1S/C16H29NO/c1-2-6-14-7-5-11-17(12-10-14)13-15-8-3-4-9-16(15)18/h14-15H,2-13H2,1H3. The molecule has 1 aliphatic heterocycles. The van der Waals surface area contributed by atoms with E-state index in [-0.39, 0.29) is 0 Å². The van der Waals surface area contributed by atoms with Gasteiger partial charge >= 0.3 is 0 Å². The Morgan fingerprint density at radius 3 is 2.78 bits per heavy atom. The van der Waals surface area contributed by atoms with Gasteiger partial charge in [-0.1, -0.05) is 26.2 Å². The molecule has 0 amide bonds. The number of Topliss-reactive ketones (excluding diaryl/α,β-unsaturated/α-hetero) is 1. The lowest BCUT2D eigenvalue weighted by molar-refractivity contribution is -0.125. The molecule has 0 radical (unpaired) electrons. The van der Waals surface area contributed by atoms with Crippen molar-refractivity contribution in [1.29, 1.82) is 0 Å². The third kappa shape index (κ3) is 4.08. The molecule has 1 saturated carbocycles. The summed E-state index contributed by atoms with van der Waals surface area (Å²) >= 11 is 0. The van der Waals surface area contributed by atoms with E-state index in [1.807, 2.05) is 0 Å². The topological polar surface area (TPSA) is 20.3 Å². The lowest BCUT2D eigenvalue weighted by atomic mass is 9.87. The van der Waals surface area contributed by atoms with Gasteiger partial charge in [0.2, 0.25) is 0 Å². The number of carbonyl (C=O) groups is 1. The Hall–Kier alpha value is -0.370. The summed E-state index contributed by atoms with van der Waals surface area (Å²) in [4.78, 5) is 14.5. The number of likely N-dealkylation sites (tertiary alicyclic amines) is 1. The van der Waals surface area contributed by atoms with Crippen molar-refractivity contribution in [2.45, 2.75) is 64.7 Å². The van der Waals surface area contributed by atoms with Gasteiger partial charge in [-0.3, -0.25) is 4.79 Å². The molecule has 2 aliphatic rings. The van der Waals surface area contributed by atoms with Crippen LogP contribution in [0.4, 0.5) is 0 Å². The Morgan fingerprint density at radius 1 is 1.11 bits per heavy atom. The van der Waals surface area contributed by atoms with Crippen molar-refractivity contribution in [3.05, 3.63) is 0 Å². The van der Waals surface area contributed by atoms with Crippen LogP contribution < -0.4 is 0 Å². The van der Waals surface area contributed by atoms with E-state index >= 15 is 0 Å². The monoisotopic (exact) mass is 251 g/mol. The normalized spacial score (nSPS) is 31.3. The van der Waals surface area contributed by atoms with E-state index in [4.69, 9.17) is 0 Å². The van der Waals surface area contributed by atoms with Crippen molar-refractivity contribution in [2.24, 2.45) is 11.8 Å². The van der Waals surface area contributed by atoms with Crippen LogP contribution in [-0.2, 0) is 4.79 Å². The van der Waals surface area contributed by atoms with Gasteiger partial charge in [-0.25, -0.2) is 0 Å². The van der Waals surface area contributed by atoms with Gasteiger partial charge in [0.15, 0.2) is 0 Å². The largest absolute Gasteiger partial charge is 0.303 e. The van der Waals surface area contributed by atoms with Crippen molar-refractivity contribution >= 4 is 5.78 Å². The number of hydrogen-bond acceptors (Lipinski definition) is 2.